The van der Waals surface area contributed by atoms with Crippen LogP contribution in [0.5, 0.6) is 11.5 Å². The number of nitrogens with zero attached hydrogens (tertiary/aromatic N) is 2. The van der Waals surface area contributed by atoms with Crippen molar-refractivity contribution in [3.8, 4) is 11.5 Å². The molecule has 1 aliphatic rings. The predicted molar refractivity (Wildman–Crippen MR) is 141 cm³/mol. The molecule has 178 valence electrons. The number of thioether (sulfide) groups is 1. The number of rotatable bonds is 8. The van der Waals surface area contributed by atoms with Crippen molar-refractivity contribution >= 4 is 57.3 Å². The van der Waals surface area contributed by atoms with Crippen LogP contribution >= 0.6 is 34.4 Å². The lowest BCUT2D eigenvalue weighted by Gasteiger charge is -2.13. The van der Waals surface area contributed by atoms with Crippen molar-refractivity contribution in [3.63, 3.8) is 0 Å². The molecule has 0 bridgehead atoms. The SMILES string of the molecule is COc1cc(/C=C2\SC(=O)N(Cc3ccccc3[N+](=O)[O-])C2=O)ccc1OCc1ccc(I)cc1. The largest absolute Gasteiger partial charge is 0.493 e. The first-order valence-corrected chi connectivity index (χ1v) is 12.3. The van der Waals surface area contributed by atoms with Crippen LogP contribution in [0.15, 0.2) is 71.6 Å². The minimum atomic E-state index is -0.529. The molecule has 10 heteroatoms. The quantitative estimate of drug-likeness (QED) is 0.135. The molecule has 1 aliphatic heterocycles. The van der Waals surface area contributed by atoms with Gasteiger partial charge >= 0.3 is 0 Å². The zero-order valence-corrected chi connectivity index (χ0v) is 21.4. The summed E-state index contributed by atoms with van der Waals surface area (Å²) in [6.07, 6.45) is 1.59. The Labute approximate surface area is 219 Å². The average molecular weight is 602 g/mol. The molecule has 0 spiro atoms. The third-order valence-corrected chi connectivity index (χ3v) is 6.81. The summed E-state index contributed by atoms with van der Waals surface area (Å²) < 4.78 is 12.5. The molecule has 2 amide bonds. The monoisotopic (exact) mass is 602 g/mol. The maximum absolute atomic E-state index is 12.9. The highest BCUT2D eigenvalue weighted by atomic mass is 127. The molecule has 8 nitrogen and oxygen atoms in total. The lowest BCUT2D eigenvalue weighted by Crippen LogP contribution is -2.27. The predicted octanol–water partition coefficient (Wildman–Crippen LogP) is 6.02. The Hall–Kier alpha value is -3.38. The zero-order chi connectivity index (χ0) is 24.9. The molecule has 3 aromatic rings. The Kier molecular flexibility index (Phi) is 7.71. The van der Waals surface area contributed by atoms with E-state index in [2.05, 4.69) is 22.6 Å². The summed E-state index contributed by atoms with van der Waals surface area (Å²) in [5, 5.41) is 10.8. The van der Waals surface area contributed by atoms with E-state index in [0.29, 0.717) is 23.7 Å². The van der Waals surface area contributed by atoms with Gasteiger partial charge in [-0.1, -0.05) is 36.4 Å². The number of benzene rings is 3. The summed E-state index contributed by atoms with van der Waals surface area (Å²) in [4.78, 5) is 37.4. The number of nitro benzene ring substituents is 1. The van der Waals surface area contributed by atoms with E-state index in [1.165, 1.54) is 25.3 Å². The first-order valence-electron chi connectivity index (χ1n) is 10.4. The second-order valence-electron chi connectivity index (χ2n) is 7.48. The molecule has 0 aliphatic carbocycles. The summed E-state index contributed by atoms with van der Waals surface area (Å²) in [5.74, 6) is 0.534. The van der Waals surface area contributed by atoms with Crippen LogP contribution in [0, 0.1) is 13.7 Å². The topological polar surface area (TPSA) is 99.0 Å². The van der Waals surface area contributed by atoms with Gasteiger partial charge in [-0.2, -0.15) is 0 Å². The first kappa shape index (κ1) is 24.7. The lowest BCUT2D eigenvalue weighted by molar-refractivity contribution is -0.385. The molecule has 3 aromatic carbocycles. The number of carbonyl (C=O) groups is 2. The fourth-order valence-electron chi connectivity index (χ4n) is 3.42. The summed E-state index contributed by atoms with van der Waals surface area (Å²) >= 11 is 3.03. The molecule has 0 N–H and O–H groups in total. The Balaban J connectivity index is 1.50. The van der Waals surface area contributed by atoms with E-state index in [4.69, 9.17) is 9.47 Å². The molecule has 0 radical (unpaired) electrons. The van der Waals surface area contributed by atoms with Crippen molar-refractivity contribution in [2.24, 2.45) is 0 Å². The first-order chi connectivity index (χ1) is 16.9. The van der Waals surface area contributed by atoms with E-state index in [0.717, 1.165) is 25.8 Å². The number of methoxy groups -OCH3 is 1. The molecule has 1 saturated heterocycles. The zero-order valence-electron chi connectivity index (χ0n) is 18.5. The van der Waals surface area contributed by atoms with Crippen LogP contribution in [-0.4, -0.2) is 28.1 Å². The normalized spacial score (nSPS) is 14.5. The standard InChI is InChI=1S/C25H19IN2O6S/c1-33-22-12-17(8-11-21(22)34-15-16-6-9-19(26)10-7-16)13-23-24(29)27(25(30)35-23)14-18-4-2-3-5-20(18)28(31)32/h2-13H,14-15H2,1H3/b23-13-. The molecule has 4 rings (SSSR count). The number of halogens is 1. The fraction of sp³-hybridized carbons (Fsp3) is 0.120. The Morgan fingerprint density at radius 3 is 2.51 bits per heavy atom. The van der Waals surface area contributed by atoms with E-state index in [1.807, 2.05) is 24.3 Å². The summed E-state index contributed by atoms with van der Waals surface area (Å²) in [6.45, 7) is 0.199. The van der Waals surface area contributed by atoms with Crippen molar-refractivity contribution in [1.29, 1.82) is 0 Å². The minimum absolute atomic E-state index is 0.138. The van der Waals surface area contributed by atoms with Crippen LogP contribution in [0.2, 0.25) is 0 Å². The summed E-state index contributed by atoms with van der Waals surface area (Å²) in [5.41, 5.74) is 1.82. The van der Waals surface area contributed by atoms with Crippen LogP contribution in [-0.2, 0) is 17.9 Å². The molecular weight excluding hydrogens is 583 g/mol. The van der Waals surface area contributed by atoms with Crippen LogP contribution in [0.25, 0.3) is 6.08 Å². The summed E-state index contributed by atoms with van der Waals surface area (Å²) in [7, 11) is 1.53. The third kappa shape index (κ3) is 5.82. The van der Waals surface area contributed by atoms with Gasteiger partial charge in [-0.25, -0.2) is 0 Å². The average Bonchev–Trinajstić information content (AvgIpc) is 3.11. The summed E-state index contributed by atoms with van der Waals surface area (Å²) in [6, 6.07) is 19.3. The van der Waals surface area contributed by atoms with Gasteiger partial charge < -0.3 is 9.47 Å². The Bertz CT molecular complexity index is 1330. The number of hydrogen-bond donors (Lipinski definition) is 0. The van der Waals surface area contributed by atoms with Gasteiger partial charge in [0.2, 0.25) is 0 Å². The van der Waals surface area contributed by atoms with Crippen LogP contribution in [0.1, 0.15) is 16.7 Å². The lowest BCUT2D eigenvalue weighted by atomic mass is 10.1. The number of imide groups is 1. The highest BCUT2D eigenvalue weighted by molar-refractivity contribution is 14.1. The Morgan fingerprint density at radius 1 is 1.06 bits per heavy atom. The molecule has 1 heterocycles. The van der Waals surface area contributed by atoms with Gasteiger partial charge in [-0.3, -0.25) is 24.6 Å². The maximum atomic E-state index is 12.9. The van der Waals surface area contributed by atoms with Gasteiger partial charge in [-0.15, -0.1) is 0 Å². The van der Waals surface area contributed by atoms with Crippen LogP contribution < -0.4 is 9.47 Å². The minimum Gasteiger partial charge on any atom is -0.493 e. The molecule has 0 saturated carbocycles. The molecule has 0 aromatic heterocycles. The van der Waals surface area contributed by atoms with E-state index in [-0.39, 0.29) is 22.7 Å². The van der Waals surface area contributed by atoms with Gasteiger partial charge in [0.25, 0.3) is 16.8 Å². The van der Waals surface area contributed by atoms with Crippen LogP contribution in [0.3, 0.4) is 0 Å². The van der Waals surface area contributed by atoms with Crippen molar-refractivity contribution in [1.82, 2.24) is 4.90 Å². The molecular formula is C25H19IN2O6S. The number of para-hydroxylation sites is 1. The highest BCUT2D eigenvalue weighted by Gasteiger charge is 2.36. The van der Waals surface area contributed by atoms with Gasteiger partial charge in [-0.05, 0) is 75.8 Å². The van der Waals surface area contributed by atoms with Crippen molar-refractivity contribution in [2.45, 2.75) is 13.2 Å². The number of hydrogen-bond acceptors (Lipinski definition) is 7. The molecule has 0 atom stereocenters. The van der Waals surface area contributed by atoms with Gasteiger partial charge in [0, 0.05) is 15.2 Å². The number of ether oxygens (including phenoxy) is 2. The van der Waals surface area contributed by atoms with Crippen LogP contribution in [0.4, 0.5) is 10.5 Å². The smallest absolute Gasteiger partial charge is 0.293 e. The van der Waals surface area contributed by atoms with Crippen molar-refractivity contribution in [2.75, 3.05) is 7.11 Å². The van der Waals surface area contributed by atoms with Crippen molar-refractivity contribution < 1.29 is 24.0 Å². The van der Waals surface area contributed by atoms with E-state index in [9.17, 15) is 19.7 Å². The van der Waals surface area contributed by atoms with Crippen molar-refractivity contribution in [3.05, 3.63) is 102 Å². The molecule has 0 unspecified atom stereocenters. The van der Waals surface area contributed by atoms with E-state index in [1.54, 1.807) is 30.3 Å². The maximum Gasteiger partial charge on any atom is 0.293 e. The third-order valence-electron chi connectivity index (χ3n) is 5.18. The number of nitro groups is 1. The second kappa shape index (κ2) is 10.9. The Morgan fingerprint density at radius 2 is 1.80 bits per heavy atom. The second-order valence-corrected chi connectivity index (χ2v) is 9.72. The fourth-order valence-corrected chi connectivity index (χ4v) is 4.61. The van der Waals surface area contributed by atoms with Gasteiger partial charge in [0.1, 0.15) is 6.61 Å². The van der Waals surface area contributed by atoms with Gasteiger partial charge in [0.15, 0.2) is 11.5 Å². The molecule has 1 fully saturated rings. The van der Waals surface area contributed by atoms with Gasteiger partial charge in [0.05, 0.1) is 23.5 Å². The van der Waals surface area contributed by atoms with E-state index < -0.39 is 16.1 Å². The number of carbonyl (C=O) groups excluding carboxylic acids is 2. The molecule has 35 heavy (non-hydrogen) atoms. The highest BCUT2D eigenvalue weighted by Crippen LogP contribution is 2.36. The number of amides is 2. The van der Waals surface area contributed by atoms with E-state index >= 15 is 0 Å².